The summed E-state index contributed by atoms with van der Waals surface area (Å²) in [5, 5.41) is 0.462. The quantitative estimate of drug-likeness (QED) is 0.702. The lowest BCUT2D eigenvalue weighted by Crippen LogP contribution is -2.11. The fourth-order valence-corrected chi connectivity index (χ4v) is 4.37. The number of benzene rings is 1. The van der Waals surface area contributed by atoms with Crippen molar-refractivity contribution in [3.8, 4) is 0 Å². The van der Waals surface area contributed by atoms with E-state index in [-0.39, 0.29) is 0 Å². The van der Waals surface area contributed by atoms with Gasteiger partial charge >= 0.3 is 0 Å². The molecule has 0 N–H and O–H groups in total. The van der Waals surface area contributed by atoms with Crippen LogP contribution in [0, 0.1) is 5.92 Å². The van der Waals surface area contributed by atoms with Gasteiger partial charge in [0.2, 0.25) is 0 Å². The van der Waals surface area contributed by atoms with Crippen LogP contribution < -0.4 is 0 Å². The van der Waals surface area contributed by atoms with Crippen molar-refractivity contribution in [3.05, 3.63) is 59.9 Å². The number of pyridine rings is 1. The minimum Gasteiger partial charge on any atom is -0.260 e. The second-order valence-corrected chi connectivity index (χ2v) is 6.28. The Kier molecular flexibility index (Phi) is 5.24. The summed E-state index contributed by atoms with van der Waals surface area (Å²) in [4.78, 5) is 5.98. The molecule has 0 fully saturated rings. The zero-order chi connectivity index (χ0) is 14.5. The van der Waals surface area contributed by atoms with Crippen molar-refractivity contribution in [2.24, 2.45) is 5.92 Å². The standard InChI is InChI=1S/C16H17NS.C2H6/c1-11(2)15-12-7-3-4-9-14(12)18-16(15)13-8-5-6-10-17-13;1-2/h3-11,15-16H,1-2H3;1-2H3. The van der Waals surface area contributed by atoms with Crippen LogP contribution in [0.2, 0.25) is 0 Å². The van der Waals surface area contributed by atoms with Crippen LogP contribution in [0.5, 0.6) is 0 Å². The summed E-state index contributed by atoms with van der Waals surface area (Å²) in [6.45, 7) is 8.62. The molecule has 0 aliphatic carbocycles. The summed E-state index contributed by atoms with van der Waals surface area (Å²) in [6, 6.07) is 15.0. The van der Waals surface area contributed by atoms with Gasteiger partial charge in [-0.05, 0) is 29.7 Å². The zero-order valence-corrected chi connectivity index (χ0v) is 13.5. The van der Waals surface area contributed by atoms with Gasteiger partial charge in [-0.25, -0.2) is 0 Å². The van der Waals surface area contributed by atoms with Crippen molar-refractivity contribution in [1.82, 2.24) is 4.98 Å². The Morgan fingerprint density at radius 3 is 2.35 bits per heavy atom. The second kappa shape index (κ2) is 6.94. The van der Waals surface area contributed by atoms with Crippen LogP contribution in [0.25, 0.3) is 0 Å². The van der Waals surface area contributed by atoms with E-state index in [9.17, 15) is 0 Å². The van der Waals surface area contributed by atoms with Crippen LogP contribution >= 0.6 is 11.8 Å². The van der Waals surface area contributed by atoms with E-state index in [1.807, 2.05) is 37.9 Å². The van der Waals surface area contributed by atoms with Gasteiger partial charge < -0.3 is 0 Å². The monoisotopic (exact) mass is 285 g/mol. The minimum atomic E-state index is 0.462. The first-order valence-electron chi connectivity index (χ1n) is 7.44. The smallest absolute Gasteiger partial charge is 0.0588 e. The molecule has 2 unspecified atom stereocenters. The summed E-state index contributed by atoms with van der Waals surface area (Å²) in [5.74, 6) is 1.20. The topological polar surface area (TPSA) is 12.9 Å². The molecule has 1 aliphatic rings. The molecule has 2 aromatic rings. The molecule has 2 atom stereocenters. The normalized spacial score (nSPS) is 20.2. The van der Waals surface area contributed by atoms with Crippen molar-refractivity contribution < 1.29 is 0 Å². The van der Waals surface area contributed by atoms with Gasteiger partial charge in [0.1, 0.15) is 0 Å². The van der Waals surface area contributed by atoms with Crippen LogP contribution in [0.1, 0.15) is 50.1 Å². The third-order valence-electron chi connectivity index (χ3n) is 3.56. The van der Waals surface area contributed by atoms with E-state index in [1.165, 1.54) is 16.2 Å². The molecule has 0 amide bonds. The first kappa shape index (κ1) is 15.1. The van der Waals surface area contributed by atoms with Gasteiger partial charge in [-0.2, -0.15) is 0 Å². The third-order valence-corrected chi connectivity index (χ3v) is 4.97. The van der Waals surface area contributed by atoms with Crippen molar-refractivity contribution in [2.45, 2.75) is 43.8 Å². The SMILES string of the molecule is CC.CC(C)C1c2ccccc2SC1c1ccccn1. The van der Waals surface area contributed by atoms with Crippen LogP contribution in [-0.4, -0.2) is 4.98 Å². The molecule has 20 heavy (non-hydrogen) atoms. The number of nitrogens with zero attached hydrogens (tertiary/aromatic N) is 1. The number of thioether (sulfide) groups is 1. The molecule has 0 bridgehead atoms. The second-order valence-electron chi connectivity index (χ2n) is 5.10. The van der Waals surface area contributed by atoms with E-state index in [0.717, 1.165) is 0 Å². The number of hydrogen-bond donors (Lipinski definition) is 0. The van der Waals surface area contributed by atoms with Crippen molar-refractivity contribution in [1.29, 1.82) is 0 Å². The average molecular weight is 285 g/mol. The van der Waals surface area contributed by atoms with Crippen molar-refractivity contribution in [2.75, 3.05) is 0 Å². The summed E-state index contributed by atoms with van der Waals surface area (Å²) >= 11 is 1.96. The highest BCUT2D eigenvalue weighted by atomic mass is 32.2. The van der Waals surface area contributed by atoms with Gasteiger partial charge in [-0.3, -0.25) is 4.98 Å². The Morgan fingerprint density at radius 1 is 1.00 bits per heavy atom. The molecule has 1 aromatic heterocycles. The van der Waals surface area contributed by atoms with E-state index in [0.29, 0.717) is 17.1 Å². The summed E-state index contributed by atoms with van der Waals surface area (Å²) in [6.07, 6.45) is 1.90. The lowest BCUT2D eigenvalue weighted by atomic mass is 9.84. The molecule has 106 valence electrons. The molecular formula is C18H23NS. The maximum Gasteiger partial charge on any atom is 0.0588 e. The maximum absolute atomic E-state index is 4.56. The molecule has 3 rings (SSSR count). The largest absolute Gasteiger partial charge is 0.260 e. The minimum absolute atomic E-state index is 0.462. The Hall–Kier alpha value is -1.28. The van der Waals surface area contributed by atoms with E-state index >= 15 is 0 Å². The van der Waals surface area contributed by atoms with E-state index in [2.05, 4.69) is 55.2 Å². The van der Waals surface area contributed by atoms with Crippen LogP contribution in [0.15, 0.2) is 53.6 Å². The lowest BCUT2D eigenvalue weighted by Gasteiger charge is -2.22. The van der Waals surface area contributed by atoms with Crippen molar-refractivity contribution in [3.63, 3.8) is 0 Å². The van der Waals surface area contributed by atoms with Gasteiger partial charge in [0.25, 0.3) is 0 Å². The highest BCUT2D eigenvalue weighted by molar-refractivity contribution is 8.00. The Balaban J connectivity index is 0.000000704. The molecule has 1 aromatic carbocycles. The number of aromatic nitrogens is 1. The first-order valence-corrected chi connectivity index (χ1v) is 8.32. The van der Waals surface area contributed by atoms with Crippen molar-refractivity contribution >= 4 is 11.8 Å². The van der Waals surface area contributed by atoms with Gasteiger partial charge in [-0.15, -0.1) is 11.8 Å². The predicted molar refractivity (Wildman–Crippen MR) is 88.2 cm³/mol. The zero-order valence-electron chi connectivity index (χ0n) is 12.7. The van der Waals surface area contributed by atoms with Crippen LogP contribution in [0.3, 0.4) is 0 Å². The maximum atomic E-state index is 4.56. The van der Waals surface area contributed by atoms with Gasteiger partial charge in [-0.1, -0.05) is 52.0 Å². The predicted octanol–water partition coefficient (Wildman–Crippen LogP) is 5.69. The molecule has 1 aliphatic heterocycles. The number of hydrogen-bond acceptors (Lipinski definition) is 2. The van der Waals surface area contributed by atoms with E-state index < -0.39 is 0 Å². The average Bonchev–Trinajstić information content (AvgIpc) is 2.90. The number of fused-ring (bicyclic) bond motifs is 1. The van der Waals surface area contributed by atoms with E-state index in [4.69, 9.17) is 0 Å². The fraction of sp³-hybridized carbons (Fsp3) is 0.389. The molecule has 2 heterocycles. The number of rotatable bonds is 2. The van der Waals surface area contributed by atoms with Crippen LogP contribution in [0.4, 0.5) is 0 Å². The molecule has 1 nitrogen and oxygen atoms in total. The summed E-state index contributed by atoms with van der Waals surface area (Å²) in [7, 11) is 0. The van der Waals surface area contributed by atoms with Gasteiger partial charge in [0.15, 0.2) is 0 Å². The molecule has 0 spiro atoms. The molecular weight excluding hydrogens is 262 g/mol. The fourth-order valence-electron chi connectivity index (χ4n) is 2.73. The van der Waals surface area contributed by atoms with Crippen LogP contribution in [-0.2, 0) is 0 Å². The lowest BCUT2D eigenvalue weighted by molar-refractivity contribution is 0.488. The Labute approximate surface area is 126 Å². The molecule has 2 heteroatoms. The third kappa shape index (κ3) is 2.90. The molecule has 0 saturated heterocycles. The molecule has 0 radical (unpaired) electrons. The van der Waals surface area contributed by atoms with E-state index in [1.54, 1.807) is 0 Å². The van der Waals surface area contributed by atoms with Gasteiger partial charge in [0.05, 0.1) is 10.9 Å². The molecule has 0 saturated carbocycles. The highest BCUT2D eigenvalue weighted by Gasteiger charge is 2.36. The highest BCUT2D eigenvalue weighted by Crippen LogP contribution is 2.56. The first-order chi connectivity index (χ1) is 9.77. The van der Waals surface area contributed by atoms with Gasteiger partial charge in [0, 0.05) is 17.0 Å². The summed E-state index contributed by atoms with van der Waals surface area (Å²) < 4.78 is 0. The summed E-state index contributed by atoms with van der Waals surface area (Å²) in [5.41, 5.74) is 2.70. The Morgan fingerprint density at radius 2 is 1.70 bits per heavy atom. The Bertz CT molecular complexity index is 536.